The average Bonchev–Trinajstić information content (AvgIpc) is 2.69. The number of likely N-dealkylation sites (tertiary alicyclic amines) is 1. The molecule has 3 heterocycles. The van der Waals surface area contributed by atoms with Gasteiger partial charge in [0.15, 0.2) is 0 Å². The van der Waals surface area contributed by atoms with Crippen LogP contribution in [-0.2, 0) is 0 Å². The van der Waals surface area contributed by atoms with Crippen LogP contribution < -0.4 is 4.90 Å². The van der Waals surface area contributed by atoms with Crippen molar-refractivity contribution >= 4 is 11.6 Å². The monoisotopic (exact) mass is 349 g/mol. The summed E-state index contributed by atoms with van der Waals surface area (Å²) in [5.41, 5.74) is 3.52. The first-order valence-electron chi connectivity index (χ1n) is 9.66. The minimum Gasteiger partial charge on any atom is -0.370 e. The van der Waals surface area contributed by atoms with Gasteiger partial charge in [-0.15, -0.1) is 0 Å². The molecule has 0 N–H and O–H groups in total. The number of benzene rings is 1. The van der Waals surface area contributed by atoms with E-state index >= 15 is 0 Å². The second kappa shape index (κ2) is 7.10. The van der Waals surface area contributed by atoms with Gasteiger partial charge in [-0.3, -0.25) is 9.78 Å². The molecule has 1 spiro atoms. The van der Waals surface area contributed by atoms with E-state index in [0.717, 1.165) is 51.0 Å². The van der Waals surface area contributed by atoms with Gasteiger partial charge in [0.05, 0.1) is 11.9 Å². The van der Waals surface area contributed by atoms with E-state index in [2.05, 4.69) is 27.8 Å². The molecule has 1 amide bonds. The molecule has 136 valence electrons. The molecule has 1 aromatic carbocycles. The number of carbonyl (C=O) groups is 1. The number of aryl methyl sites for hydroxylation is 1. The Morgan fingerprint density at radius 2 is 1.81 bits per heavy atom. The number of aromatic nitrogens is 1. The molecule has 4 rings (SSSR count). The second-order valence-electron chi connectivity index (χ2n) is 7.89. The largest absolute Gasteiger partial charge is 0.370 e. The number of hydrogen-bond donors (Lipinski definition) is 0. The smallest absolute Gasteiger partial charge is 0.253 e. The molecule has 4 heteroatoms. The topological polar surface area (TPSA) is 36.4 Å². The summed E-state index contributed by atoms with van der Waals surface area (Å²) in [6.45, 7) is 5.96. The molecule has 0 saturated carbocycles. The van der Waals surface area contributed by atoms with Crippen LogP contribution in [-0.4, -0.2) is 42.0 Å². The zero-order valence-electron chi connectivity index (χ0n) is 15.5. The first kappa shape index (κ1) is 17.1. The van der Waals surface area contributed by atoms with Crippen LogP contribution >= 0.6 is 0 Å². The molecule has 2 saturated heterocycles. The highest BCUT2D eigenvalue weighted by Crippen LogP contribution is 2.41. The Hall–Kier alpha value is -2.36. The first-order chi connectivity index (χ1) is 12.7. The molecule has 0 unspecified atom stereocenters. The van der Waals surface area contributed by atoms with Crippen LogP contribution in [0.15, 0.2) is 48.8 Å². The molecule has 1 aromatic heterocycles. The van der Waals surface area contributed by atoms with E-state index in [4.69, 9.17) is 0 Å². The van der Waals surface area contributed by atoms with Crippen molar-refractivity contribution in [2.75, 3.05) is 31.1 Å². The van der Waals surface area contributed by atoms with Crippen LogP contribution in [0.25, 0.3) is 0 Å². The van der Waals surface area contributed by atoms with Gasteiger partial charge in [0.25, 0.3) is 5.91 Å². The van der Waals surface area contributed by atoms with Crippen molar-refractivity contribution in [3.63, 3.8) is 0 Å². The fourth-order valence-corrected chi connectivity index (χ4v) is 4.45. The van der Waals surface area contributed by atoms with Crippen LogP contribution in [0.2, 0.25) is 0 Å². The zero-order chi connectivity index (χ0) is 18.0. The number of hydrogen-bond acceptors (Lipinski definition) is 3. The molecule has 2 aromatic rings. The maximum absolute atomic E-state index is 12.9. The lowest BCUT2D eigenvalue weighted by molar-refractivity contribution is 0.0434. The summed E-state index contributed by atoms with van der Waals surface area (Å²) in [6, 6.07) is 12.1. The summed E-state index contributed by atoms with van der Waals surface area (Å²) >= 11 is 0. The molecule has 0 bridgehead atoms. The number of anilines is 1. The number of piperidine rings is 2. The minimum absolute atomic E-state index is 0.193. The van der Waals surface area contributed by atoms with Crippen LogP contribution in [0, 0.1) is 12.3 Å². The molecule has 2 aliphatic rings. The third-order valence-corrected chi connectivity index (χ3v) is 6.08. The third kappa shape index (κ3) is 3.46. The van der Waals surface area contributed by atoms with Gasteiger partial charge in [0.1, 0.15) is 0 Å². The highest BCUT2D eigenvalue weighted by atomic mass is 16.2. The van der Waals surface area contributed by atoms with Crippen molar-refractivity contribution in [1.82, 2.24) is 9.88 Å². The molecule has 2 aliphatic heterocycles. The van der Waals surface area contributed by atoms with Gasteiger partial charge in [-0.2, -0.15) is 0 Å². The average molecular weight is 349 g/mol. The molecule has 26 heavy (non-hydrogen) atoms. The van der Waals surface area contributed by atoms with Crippen molar-refractivity contribution in [1.29, 1.82) is 0 Å². The molecular formula is C22H27N3O. The van der Waals surface area contributed by atoms with E-state index < -0.39 is 0 Å². The minimum atomic E-state index is 0.193. The Kier molecular flexibility index (Phi) is 4.66. The fourth-order valence-electron chi connectivity index (χ4n) is 4.45. The Bertz CT molecular complexity index is 749. The maximum Gasteiger partial charge on any atom is 0.253 e. The van der Waals surface area contributed by atoms with Crippen LogP contribution in [0.5, 0.6) is 0 Å². The number of carbonyl (C=O) groups excluding carboxylic acids is 1. The van der Waals surface area contributed by atoms with Crippen LogP contribution in [0.4, 0.5) is 5.69 Å². The van der Waals surface area contributed by atoms with Gasteiger partial charge in [-0.1, -0.05) is 17.7 Å². The predicted molar refractivity (Wildman–Crippen MR) is 104 cm³/mol. The quantitative estimate of drug-likeness (QED) is 0.825. The lowest BCUT2D eigenvalue weighted by Gasteiger charge is -2.48. The Balaban J connectivity index is 1.42. The number of nitrogens with zero attached hydrogens (tertiary/aromatic N) is 3. The van der Waals surface area contributed by atoms with Gasteiger partial charge < -0.3 is 9.80 Å². The van der Waals surface area contributed by atoms with Crippen molar-refractivity contribution in [2.45, 2.75) is 32.6 Å². The summed E-state index contributed by atoms with van der Waals surface area (Å²) in [4.78, 5) is 21.7. The molecular weight excluding hydrogens is 322 g/mol. The first-order valence-corrected chi connectivity index (χ1v) is 9.66. The molecule has 0 aliphatic carbocycles. The maximum atomic E-state index is 12.9. The van der Waals surface area contributed by atoms with Gasteiger partial charge >= 0.3 is 0 Å². The third-order valence-electron chi connectivity index (χ3n) is 6.08. The van der Waals surface area contributed by atoms with Gasteiger partial charge in [0.2, 0.25) is 0 Å². The highest BCUT2D eigenvalue weighted by Gasteiger charge is 2.39. The summed E-state index contributed by atoms with van der Waals surface area (Å²) in [6.07, 6.45) is 8.44. The number of amides is 1. The van der Waals surface area contributed by atoms with Crippen molar-refractivity contribution in [3.8, 4) is 0 Å². The summed E-state index contributed by atoms with van der Waals surface area (Å²) < 4.78 is 0. The lowest BCUT2D eigenvalue weighted by atomic mass is 9.72. The van der Waals surface area contributed by atoms with E-state index in [1.54, 1.807) is 0 Å². The number of pyridine rings is 1. The zero-order valence-corrected chi connectivity index (χ0v) is 15.5. The highest BCUT2D eigenvalue weighted by molar-refractivity contribution is 5.94. The van der Waals surface area contributed by atoms with Gasteiger partial charge in [-0.05, 0) is 62.3 Å². The van der Waals surface area contributed by atoms with E-state index in [0.29, 0.717) is 0 Å². The normalized spacial score (nSPS) is 19.6. The second-order valence-corrected chi connectivity index (χ2v) is 7.89. The predicted octanol–water partition coefficient (Wildman–Crippen LogP) is 3.91. The van der Waals surface area contributed by atoms with E-state index in [-0.39, 0.29) is 11.3 Å². The van der Waals surface area contributed by atoms with E-state index in [9.17, 15) is 4.79 Å². The van der Waals surface area contributed by atoms with Crippen molar-refractivity contribution in [3.05, 3.63) is 59.9 Å². The molecule has 0 radical (unpaired) electrons. The molecule has 0 atom stereocenters. The Morgan fingerprint density at radius 3 is 2.50 bits per heavy atom. The van der Waals surface area contributed by atoms with Crippen molar-refractivity contribution < 1.29 is 4.79 Å². The van der Waals surface area contributed by atoms with Crippen molar-refractivity contribution in [2.24, 2.45) is 5.41 Å². The van der Waals surface area contributed by atoms with Gasteiger partial charge in [-0.25, -0.2) is 0 Å². The Morgan fingerprint density at radius 1 is 1.04 bits per heavy atom. The van der Waals surface area contributed by atoms with E-state index in [1.807, 2.05) is 42.7 Å². The summed E-state index contributed by atoms with van der Waals surface area (Å²) in [5, 5.41) is 0. The lowest BCUT2D eigenvalue weighted by Crippen LogP contribution is -2.51. The molecule has 2 fully saturated rings. The van der Waals surface area contributed by atoms with Gasteiger partial charge in [0, 0.05) is 37.9 Å². The van der Waals surface area contributed by atoms with Crippen LogP contribution in [0.1, 0.15) is 41.6 Å². The standard InChI is InChI=1S/C22H27N3O/c1-18-5-7-19(8-6-18)21(26)25-13-3-9-22(17-25)10-14-24(15-11-22)20-4-2-12-23-16-20/h2,4-8,12,16H,3,9-11,13-15,17H2,1H3. The summed E-state index contributed by atoms with van der Waals surface area (Å²) in [7, 11) is 0. The van der Waals surface area contributed by atoms with Crippen LogP contribution in [0.3, 0.4) is 0 Å². The SMILES string of the molecule is Cc1ccc(C(=O)N2CCCC3(CCN(c4cccnc4)CC3)C2)cc1. The van der Waals surface area contributed by atoms with E-state index in [1.165, 1.54) is 17.7 Å². The fraction of sp³-hybridized carbons (Fsp3) is 0.455. The Labute approximate surface area is 155 Å². The summed E-state index contributed by atoms with van der Waals surface area (Å²) in [5.74, 6) is 0.193. The molecule has 4 nitrogen and oxygen atoms in total. The number of rotatable bonds is 2.